The van der Waals surface area contributed by atoms with Crippen molar-refractivity contribution in [2.75, 3.05) is 19.3 Å². The molecule has 1 fully saturated rings. The van der Waals surface area contributed by atoms with Crippen LogP contribution in [-0.4, -0.2) is 40.5 Å². The van der Waals surface area contributed by atoms with Gasteiger partial charge < -0.3 is 10.0 Å². The van der Waals surface area contributed by atoms with Crippen LogP contribution >= 0.6 is 11.8 Å². The van der Waals surface area contributed by atoms with Crippen LogP contribution in [0.5, 0.6) is 5.75 Å². The molecule has 0 spiro atoms. The SMILES string of the molecule is CCC(C)C(C)Cc1c(O)ccc(CC2SCCN(C)C2=O)c1C(F)(F)F. The van der Waals surface area contributed by atoms with Crippen molar-refractivity contribution >= 4 is 17.7 Å². The lowest BCUT2D eigenvalue weighted by Crippen LogP contribution is -2.42. The fourth-order valence-corrected chi connectivity index (χ4v) is 4.73. The van der Waals surface area contributed by atoms with E-state index in [1.165, 1.54) is 23.9 Å². The van der Waals surface area contributed by atoms with Crippen molar-refractivity contribution in [3.05, 3.63) is 28.8 Å². The molecule has 1 aromatic rings. The molecule has 1 aliphatic heterocycles. The minimum Gasteiger partial charge on any atom is -0.508 e. The molecule has 1 aromatic carbocycles. The number of phenols is 1. The molecule has 7 heteroatoms. The molecule has 0 aromatic heterocycles. The van der Waals surface area contributed by atoms with Crippen molar-refractivity contribution < 1.29 is 23.1 Å². The second-order valence-corrected chi connectivity index (χ2v) is 8.80. The summed E-state index contributed by atoms with van der Waals surface area (Å²) in [6, 6.07) is 2.66. The Labute approximate surface area is 163 Å². The van der Waals surface area contributed by atoms with Gasteiger partial charge in [0, 0.05) is 24.9 Å². The molecule has 1 heterocycles. The highest BCUT2D eigenvalue weighted by molar-refractivity contribution is 8.00. The van der Waals surface area contributed by atoms with Crippen molar-refractivity contribution in [3.8, 4) is 5.75 Å². The number of alkyl halides is 3. The van der Waals surface area contributed by atoms with Gasteiger partial charge in [-0.15, -0.1) is 11.8 Å². The van der Waals surface area contributed by atoms with Crippen molar-refractivity contribution in [2.24, 2.45) is 11.8 Å². The molecule has 1 saturated heterocycles. The van der Waals surface area contributed by atoms with Gasteiger partial charge in [-0.25, -0.2) is 0 Å². The molecule has 0 saturated carbocycles. The topological polar surface area (TPSA) is 40.5 Å². The lowest BCUT2D eigenvalue weighted by atomic mass is 9.84. The summed E-state index contributed by atoms with van der Waals surface area (Å²) in [6.45, 7) is 6.53. The number of phenolic OH excluding ortho intramolecular Hbond substituents is 1. The van der Waals surface area contributed by atoms with E-state index in [0.29, 0.717) is 12.3 Å². The van der Waals surface area contributed by atoms with Gasteiger partial charge in [-0.2, -0.15) is 13.2 Å². The van der Waals surface area contributed by atoms with Crippen molar-refractivity contribution in [1.29, 1.82) is 0 Å². The summed E-state index contributed by atoms with van der Waals surface area (Å²) in [5.74, 6) is 0.514. The fourth-order valence-electron chi connectivity index (χ4n) is 3.45. The maximum atomic E-state index is 13.9. The maximum Gasteiger partial charge on any atom is 0.417 e. The number of hydrogen-bond donors (Lipinski definition) is 1. The first-order chi connectivity index (χ1) is 12.6. The van der Waals surface area contributed by atoms with Crippen molar-refractivity contribution in [1.82, 2.24) is 4.90 Å². The van der Waals surface area contributed by atoms with Gasteiger partial charge in [-0.3, -0.25) is 4.79 Å². The number of thioether (sulfide) groups is 1. The van der Waals surface area contributed by atoms with Crippen LogP contribution in [0.3, 0.4) is 0 Å². The highest BCUT2D eigenvalue weighted by Gasteiger charge is 2.39. The van der Waals surface area contributed by atoms with E-state index in [1.807, 2.05) is 20.8 Å². The highest BCUT2D eigenvalue weighted by atomic mass is 32.2. The number of nitrogens with zero attached hydrogens (tertiary/aromatic N) is 1. The second kappa shape index (κ2) is 8.76. The molecule has 2 rings (SSSR count). The number of carbonyl (C=O) groups is 1. The summed E-state index contributed by atoms with van der Waals surface area (Å²) in [7, 11) is 1.68. The standard InChI is InChI=1S/C20H28F3NO2S/c1-5-12(2)13(3)10-15-16(25)7-6-14(18(15)20(21,22)23)11-17-19(26)24(4)8-9-27-17/h6-7,12-13,17,25H,5,8-11H2,1-4H3. The summed E-state index contributed by atoms with van der Waals surface area (Å²) in [5, 5.41) is 9.68. The Kier molecular flexibility index (Phi) is 7.11. The van der Waals surface area contributed by atoms with Crippen LogP contribution in [0.15, 0.2) is 12.1 Å². The number of halogens is 3. The third-order valence-electron chi connectivity index (χ3n) is 5.60. The van der Waals surface area contributed by atoms with Crippen LogP contribution in [0, 0.1) is 11.8 Å². The lowest BCUT2D eigenvalue weighted by molar-refractivity contribution is -0.139. The Balaban J connectivity index is 2.43. The average molecular weight is 404 g/mol. The molecule has 1 aliphatic rings. The summed E-state index contributed by atoms with van der Waals surface area (Å²) in [5.41, 5.74) is -0.721. The molecule has 0 radical (unpaired) electrons. The predicted molar refractivity (Wildman–Crippen MR) is 103 cm³/mol. The van der Waals surface area contributed by atoms with Gasteiger partial charge in [-0.05, 0) is 36.3 Å². The third kappa shape index (κ3) is 5.12. The van der Waals surface area contributed by atoms with Gasteiger partial charge in [-0.1, -0.05) is 33.3 Å². The molecule has 0 aliphatic carbocycles. The van der Waals surface area contributed by atoms with Crippen LogP contribution in [0.1, 0.15) is 43.9 Å². The van der Waals surface area contributed by atoms with Gasteiger partial charge in [0.2, 0.25) is 5.91 Å². The number of hydrogen-bond acceptors (Lipinski definition) is 3. The number of benzene rings is 1. The first-order valence-corrected chi connectivity index (χ1v) is 10.4. The molecular weight excluding hydrogens is 375 g/mol. The van der Waals surface area contributed by atoms with Crippen LogP contribution in [-0.2, 0) is 23.8 Å². The summed E-state index contributed by atoms with van der Waals surface area (Å²) in [6.07, 6.45) is -3.53. The number of rotatable bonds is 6. The zero-order valence-electron chi connectivity index (χ0n) is 16.3. The molecular formula is C20H28F3NO2S. The molecule has 152 valence electrons. The number of carbonyl (C=O) groups excluding carboxylic acids is 1. The van der Waals surface area contributed by atoms with Gasteiger partial charge in [0.15, 0.2) is 0 Å². The van der Waals surface area contributed by atoms with E-state index in [1.54, 1.807) is 11.9 Å². The van der Waals surface area contributed by atoms with Gasteiger partial charge >= 0.3 is 6.18 Å². The minimum absolute atomic E-state index is 0.00840. The van der Waals surface area contributed by atoms with Crippen LogP contribution in [0.25, 0.3) is 0 Å². The van der Waals surface area contributed by atoms with E-state index < -0.39 is 17.0 Å². The molecule has 3 atom stereocenters. The summed E-state index contributed by atoms with van der Waals surface area (Å²) < 4.78 is 41.8. The monoisotopic (exact) mass is 403 g/mol. The molecule has 0 bridgehead atoms. The summed E-state index contributed by atoms with van der Waals surface area (Å²) in [4.78, 5) is 13.9. The van der Waals surface area contributed by atoms with E-state index in [0.717, 1.165) is 6.42 Å². The summed E-state index contributed by atoms with van der Waals surface area (Å²) >= 11 is 1.40. The second-order valence-electron chi connectivity index (χ2n) is 7.49. The third-order valence-corrected chi connectivity index (χ3v) is 6.79. The van der Waals surface area contributed by atoms with Crippen LogP contribution < -0.4 is 0 Å². The van der Waals surface area contributed by atoms with Gasteiger partial charge in [0.05, 0.1) is 10.8 Å². The first kappa shape index (κ1) is 21.9. The zero-order chi connectivity index (χ0) is 20.4. The highest BCUT2D eigenvalue weighted by Crippen LogP contribution is 2.41. The van der Waals surface area contributed by atoms with E-state index in [4.69, 9.17) is 0 Å². The van der Waals surface area contributed by atoms with E-state index in [2.05, 4.69) is 0 Å². The van der Waals surface area contributed by atoms with Crippen molar-refractivity contribution in [3.63, 3.8) is 0 Å². The number of aromatic hydroxyl groups is 1. The molecule has 1 N–H and O–H groups in total. The smallest absolute Gasteiger partial charge is 0.417 e. The van der Waals surface area contributed by atoms with Crippen molar-refractivity contribution in [2.45, 2.75) is 51.5 Å². The predicted octanol–water partition coefficient (Wildman–Crippen LogP) is 4.75. The Morgan fingerprint density at radius 2 is 1.96 bits per heavy atom. The number of amides is 1. The Bertz CT molecular complexity index is 678. The van der Waals surface area contributed by atoms with Crippen LogP contribution in [0.4, 0.5) is 13.2 Å². The van der Waals surface area contributed by atoms with E-state index in [9.17, 15) is 23.1 Å². The Morgan fingerprint density at radius 3 is 2.56 bits per heavy atom. The average Bonchev–Trinajstić information content (AvgIpc) is 2.59. The minimum atomic E-state index is -4.58. The molecule has 27 heavy (non-hydrogen) atoms. The largest absolute Gasteiger partial charge is 0.508 e. The normalized spacial score (nSPS) is 20.6. The molecule has 3 nitrogen and oxygen atoms in total. The Hall–Kier alpha value is -1.37. The fraction of sp³-hybridized carbons (Fsp3) is 0.650. The van der Waals surface area contributed by atoms with Gasteiger partial charge in [0.1, 0.15) is 5.75 Å². The zero-order valence-corrected chi connectivity index (χ0v) is 17.1. The quantitative estimate of drug-likeness (QED) is 0.745. The van der Waals surface area contributed by atoms with Gasteiger partial charge in [0.25, 0.3) is 0 Å². The van der Waals surface area contributed by atoms with Crippen LogP contribution in [0.2, 0.25) is 0 Å². The first-order valence-electron chi connectivity index (χ1n) is 9.33. The Morgan fingerprint density at radius 1 is 1.30 bits per heavy atom. The van der Waals surface area contributed by atoms with E-state index in [-0.39, 0.29) is 47.5 Å². The maximum absolute atomic E-state index is 13.9. The lowest BCUT2D eigenvalue weighted by Gasteiger charge is -2.30. The molecule has 3 unspecified atom stereocenters. The van der Waals surface area contributed by atoms with E-state index >= 15 is 0 Å². The molecule has 1 amide bonds.